The van der Waals surface area contributed by atoms with Crippen molar-refractivity contribution in [3.05, 3.63) is 23.8 Å². The number of hydrogen-bond acceptors (Lipinski definition) is 3. The standard InChI is InChI=1S/C13H19N3O/c1-2-3-8-6-12(8)16-13(17)10-5-4-9(14)7-11(10)15/h4-5,7-8,12H,2-3,6,14-15H2,1H3,(H,16,17). The molecule has 1 aromatic carbocycles. The fourth-order valence-electron chi connectivity index (χ4n) is 2.15. The fourth-order valence-corrected chi connectivity index (χ4v) is 2.15. The summed E-state index contributed by atoms with van der Waals surface area (Å²) in [5.74, 6) is 0.560. The first kappa shape index (κ1) is 11.8. The van der Waals surface area contributed by atoms with E-state index in [0.29, 0.717) is 28.9 Å². The van der Waals surface area contributed by atoms with E-state index < -0.39 is 0 Å². The van der Waals surface area contributed by atoms with E-state index in [1.54, 1.807) is 18.2 Å². The van der Waals surface area contributed by atoms with Crippen LogP contribution < -0.4 is 16.8 Å². The minimum absolute atomic E-state index is 0.0916. The molecule has 92 valence electrons. The van der Waals surface area contributed by atoms with Crippen LogP contribution in [-0.2, 0) is 0 Å². The van der Waals surface area contributed by atoms with Crippen LogP contribution in [0.3, 0.4) is 0 Å². The molecule has 1 aromatic rings. The summed E-state index contributed by atoms with van der Waals surface area (Å²) in [6.07, 6.45) is 3.44. The van der Waals surface area contributed by atoms with E-state index in [1.807, 2.05) is 0 Å². The summed E-state index contributed by atoms with van der Waals surface area (Å²) in [4.78, 5) is 11.9. The second-order valence-corrected chi connectivity index (χ2v) is 4.71. The van der Waals surface area contributed by atoms with Crippen molar-refractivity contribution in [1.82, 2.24) is 5.32 Å². The summed E-state index contributed by atoms with van der Waals surface area (Å²) in [6, 6.07) is 5.32. The molecule has 0 radical (unpaired) electrons. The van der Waals surface area contributed by atoms with Gasteiger partial charge < -0.3 is 16.8 Å². The lowest BCUT2D eigenvalue weighted by atomic mass is 10.1. The lowest BCUT2D eigenvalue weighted by molar-refractivity contribution is 0.0950. The van der Waals surface area contributed by atoms with Gasteiger partial charge in [0.2, 0.25) is 0 Å². The molecule has 2 rings (SSSR count). The number of amides is 1. The van der Waals surface area contributed by atoms with Crippen LogP contribution in [0.5, 0.6) is 0 Å². The molecule has 17 heavy (non-hydrogen) atoms. The van der Waals surface area contributed by atoms with E-state index in [1.165, 1.54) is 12.8 Å². The lowest BCUT2D eigenvalue weighted by Crippen LogP contribution is -2.27. The first-order valence-electron chi connectivity index (χ1n) is 6.07. The maximum atomic E-state index is 11.9. The first-order valence-corrected chi connectivity index (χ1v) is 6.07. The summed E-state index contributed by atoms with van der Waals surface area (Å²) < 4.78 is 0. The highest BCUT2D eigenvalue weighted by Gasteiger charge is 2.37. The van der Waals surface area contributed by atoms with Gasteiger partial charge in [0.25, 0.3) is 5.91 Å². The van der Waals surface area contributed by atoms with E-state index in [-0.39, 0.29) is 5.91 Å². The number of nitrogens with two attached hydrogens (primary N) is 2. The number of carbonyl (C=O) groups is 1. The Bertz CT molecular complexity index is 431. The summed E-state index contributed by atoms with van der Waals surface area (Å²) >= 11 is 0. The second-order valence-electron chi connectivity index (χ2n) is 4.71. The van der Waals surface area contributed by atoms with Crippen molar-refractivity contribution in [2.75, 3.05) is 11.5 Å². The van der Waals surface area contributed by atoms with Gasteiger partial charge in [-0.1, -0.05) is 13.3 Å². The average Bonchev–Trinajstić information content (AvgIpc) is 2.96. The highest BCUT2D eigenvalue weighted by atomic mass is 16.1. The molecular weight excluding hydrogens is 214 g/mol. The van der Waals surface area contributed by atoms with Gasteiger partial charge in [0.15, 0.2) is 0 Å². The first-order chi connectivity index (χ1) is 8.11. The molecule has 1 amide bonds. The molecular formula is C13H19N3O. The molecule has 1 aliphatic rings. The summed E-state index contributed by atoms with van der Waals surface area (Å²) in [7, 11) is 0. The van der Waals surface area contributed by atoms with E-state index >= 15 is 0 Å². The van der Waals surface area contributed by atoms with Crippen molar-refractivity contribution < 1.29 is 4.79 Å². The molecule has 0 spiro atoms. The summed E-state index contributed by atoms with van der Waals surface area (Å²) in [5, 5.41) is 3.01. The van der Waals surface area contributed by atoms with Crippen molar-refractivity contribution in [2.45, 2.75) is 32.2 Å². The summed E-state index contributed by atoms with van der Waals surface area (Å²) in [6.45, 7) is 2.16. The van der Waals surface area contributed by atoms with Crippen LogP contribution in [0.1, 0.15) is 36.5 Å². The molecule has 0 bridgehead atoms. The monoisotopic (exact) mass is 233 g/mol. The molecule has 0 heterocycles. The minimum Gasteiger partial charge on any atom is -0.399 e. The molecule has 5 N–H and O–H groups in total. The lowest BCUT2D eigenvalue weighted by Gasteiger charge is -2.07. The fraction of sp³-hybridized carbons (Fsp3) is 0.462. The van der Waals surface area contributed by atoms with Gasteiger partial charge in [0, 0.05) is 17.4 Å². The van der Waals surface area contributed by atoms with E-state index in [4.69, 9.17) is 11.5 Å². The maximum Gasteiger partial charge on any atom is 0.253 e. The van der Waals surface area contributed by atoms with Crippen molar-refractivity contribution >= 4 is 17.3 Å². The van der Waals surface area contributed by atoms with Crippen molar-refractivity contribution in [2.24, 2.45) is 5.92 Å². The predicted molar refractivity (Wildman–Crippen MR) is 69.5 cm³/mol. The quantitative estimate of drug-likeness (QED) is 0.693. The largest absolute Gasteiger partial charge is 0.399 e. The van der Waals surface area contributed by atoms with Crippen LogP contribution in [0.4, 0.5) is 11.4 Å². The van der Waals surface area contributed by atoms with Crippen LogP contribution in [0.15, 0.2) is 18.2 Å². The van der Waals surface area contributed by atoms with Gasteiger partial charge in [-0.2, -0.15) is 0 Å². The molecule has 2 unspecified atom stereocenters. The van der Waals surface area contributed by atoms with Crippen LogP contribution in [0, 0.1) is 5.92 Å². The molecule has 0 aliphatic heterocycles. The Kier molecular flexibility index (Phi) is 3.22. The van der Waals surface area contributed by atoms with E-state index in [9.17, 15) is 4.79 Å². The van der Waals surface area contributed by atoms with Gasteiger partial charge in [0.05, 0.1) is 5.56 Å². The number of hydrogen-bond donors (Lipinski definition) is 3. The van der Waals surface area contributed by atoms with Gasteiger partial charge in [-0.3, -0.25) is 4.79 Å². The number of anilines is 2. The Labute approximate surface area is 101 Å². The Morgan fingerprint density at radius 2 is 2.24 bits per heavy atom. The number of carbonyl (C=O) groups excluding carboxylic acids is 1. The Balaban J connectivity index is 1.96. The smallest absolute Gasteiger partial charge is 0.253 e. The number of nitrogen functional groups attached to an aromatic ring is 2. The highest BCUT2D eigenvalue weighted by molar-refractivity contribution is 6.00. The predicted octanol–water partition coefficient (Wildman–Crippen LogP) is 1.77. The minimum atomic E-state index is -0.0916. The highest BCUT2D eigenvalue weighted by Crippen LogP contribution is 2.34. The number of nitrogens with one attached hydrogen (secondary N) is 1. The van der Waals surface area contributed by atoms with Gasteiger partial charge in [-0.05, 0) is 37.0 Å². The maximum absolute atomic E-state index is 11.9. The number of rotatable bonds is 4. The molecule has 4 nitrogen and oxygen atoms in total. The van der Waals surface area contributed by atoms with Crippen LogP contribution in [0.2, 0.25) is 0 Å². The molecule has 1 aliphatic carbocycles. The van der Waals surface area contributed by atoms with Gasteiger partial charge >= 0.3 is 0 Å². The Hall–Kier alpha value is -1.71. The average molecular weight is 233 g/mol. The third-order valence-corrected chi connectivity index (χ3v) is 3.22. The normalized spacial score (nSPS) is 22.2. The molecule has 2 atom stereocenters. The van der Waals surface area contributed by atoms with Crippen molar-refractivity contribution in [1.29, 1.82) is 0 Å². The molecule has 4 heteroatoms. The second kappa shape index (κ2) is 4.65. The third kappa shape index (κ3) is 2.70. The Morgan fingerprint density at radius 1 is 1.47 bits per heavy atom. The van der Waals surface area contributed by atoms with Crippen molar-refractivity contribution in [3.63, 3.8) is 0 Å². The molecule has 1 fully saturated rings. The van der Waals surface area contributed by atoms with Crippen LogP contribution in [0.25, 0.3) is 0 Å². The number of benzene rings is 1. The third-order valence-electron chi connectivity index (χ3n) is 3.22. The van der Waals surface area contributed by atoms with Gasteiger partial charge in [-0.15, -0.1) is 0 Å². The molecule has 1 saturated carbocycles. The van der Waals surface area contributed by atoms with Gasteiger partial charge in [-0.25, -0.2) is 0 Å². The Morgan fingerprint density at radius 3 is 2.88 bits per heavy atom. The van der Waals surface area contributed by atoms with E-state index in [0.717, 1.165) is 6.42 Å². The van der Waals surface area contributed by atoms with E-state index in [2.05, 4.69) is 12.2 Å². The zero-order valence-corrected chi connectivity index (χ0v) is 10.1. The molecule has 0 saturated heterocycles. The van der Waals surface area contributed by atoms with Crippen LogP contribution >= 0.6 is 0 Å². The van der Waals surface area contributed by atoms with Crippen molar-refractivity contribution in [3.8, 4) is 0 Å². The van der Waals surface area contributed by atoms with Crippen LogP contribution in [-0.4, -0.2) is 11.9 Å². The zero-order chi connectivity index (χ0) is 12.4. The SMILES string of the molecule is CCCC1CC1NC(=O)c1ccc(N)cc1N. The molecule has 0 aromatic heterocycles. The topological polar surface area (TPSA) is 81.1 Å². The summed E-state index contributed by atoms with van der Waals surface area (Å²) in [5.41, 5.74) is 12.9. The zero-order valence-electron chi connectivity index (χ0n) is 10.1. The van der Waals surface area contributed by atoms with Gasteiger partial charge in [0.1, 0.15) is 0 Å².